The Kier molecular flexibility index (Phi) is 15.4. The first-order valence-electron chi connectivity index (χ1n) is 10.8. The van der Waals surface area contributed by atoms with Crippen molar-refractivity contribution in [2.24, 2.45) is 5.92 Å². The average molecular weight is 489 g/mol. The molecule has 0 amide bonds. The summed E-state index contributed by atoms with van der Waals surface area (Å²) in [5.74, 6) is 0.750. The van der Waals surface area contributed by atoms with E-state index in [9.17, 15) is 0 Å². The highest BCUT2D eigenvalue weighted by Gasteiger charge is 2.05. The van der Waals surface area contributed by atoms with Crippen molar-refractivity contribution in [3.63, 3.8) is 0 Å². The average Bonchev–Trinajstić information content (AvgIpc) is 2.84. The van der Waals surface area contributed by atoms with E-state index in [-0.39, 0.29) is 19.1 Å². The molecule has 3 aromatic carbocycles. The van der Waals surface area contributed by atoms with Crippen LogP contribution in [-0.4, -0.2) is 37.1 Å². The molecule has 3 aromatic rings. The largest absolute Gasteiger partial charge is 0.497 e. The van der Waals surface area contributed by atoms with Gasteiger partial charge in [0.25, 0.3) is 0 Å². The standard InChI is InChI=1S/C13H20O4.2C7H8S/c1-16-13-4-2-11(3-5-13)10-17-7-6-12(8-14)9-15;2*1-6-2-4-7(8)5-3-6/h2-5,12,14-15H,6-10H2,1H3;2*2-5,8H,1H3. The van der Waals surface area contributed by atoms with Gasteiger partial charge in [-0.1, -0.05) is 47.5 Å². The van der Waals surface area contributed by atoms with E-state index in [0.717, 1.165) is 21.1 Å². The van der Waals surface area contributed by atoms with Crippen LogP contribution in [0.4, 0.5) is 0 Å². The van der Waals surface area contributed by atoms with E-state index < -0.39 is 0 Å². The molecule has 6 heteroatoms. The van der Waals surface area contributed by atoms with Crippen LogP contribution in [0.1, 0.15) is 23.1 Å². The van der Waals surface area contributed by atoms with Gasteiger partial charge in [0.05, 0.1) is 13.7 Å². The van der Waals surface area contributed by atoms with Gasteiger partial charge in [0.2, 0.25) is 0 Å². The van der Waals surface area contributed by atoms with Crippen molar-refractivity contribution < 1.29 is 19.7 Å². The lowest BCUT2D eigenvalue weighted by Gasteiger charge is -2.10. The van der Waals surface area contributed by atoms with Gasteiger partial charge in [0.1, 0.15) is 5.75 Å². The molecule has 0 fully saturated rings. The molecule has 0 aromatic heterocycles. The fourth-order valence-corrected chi connectivity index (χ4v) is 2.79. The monoisotopic (exact) mass is 488 g/mol. The van der Waals surface area contributed by atoms with Crippen LogP contribution in [0.25, 0.3) is 0 Å². The fourth-order valence-electron chi connectivity index (χ4n) is 2.49. The first-order valence-corrected chi connectivity index (χ1v) is 11.7. The van der Waals surface area contributed by atoms with Gasteiger partial charge in [-0.3, -0.25) is 0 Å². The van der Waals surface area contributed by atoms with Crippen LogP contribution < -0.4 is 4.74 Å². The van der Waals surface area contributed by atoms with Crippen molar-refractivity contribution in [1.29, 1.82) is 0 Å². The second-order valence-electron chi connectivity index (χ2n) is 7.59. The Hall–Kier alpha value is -1.96. The summed E-state index contributed by atoms with van der Waals surface area (Å²) in [6.07, 6.45) is 0.670. The SMILES string of the molecule is COc1ccc(COCCC(CO)CO)cc1.Cc1ccc(S)cc1.Cc1ccc(S)cc1. The van der Waals surface area contributed by atoms with Crippen LogP contribution in [0.2, 0.25) is 0 Å². The minimum atomic E-state index is -0.0779. The molecule has 0 saturated carbocycles. The molecule has 0 aliphatic rings. The topological polar surface area (TPSA) is 58.9 Å². The number of thiol groups is 2. The maximum atomic E-state index is 8.87. The second-order valence-corrected chi connectivity index (χ2v) is 8.62. The van der Waals surface area contributed by atoms with Crippen LogP contribution >= 0.6 is 25.3 Å². The maximum absolute atomic E-state index is 8.87. The number of aryl methyl sites for hydroxylation is 2. The van der Waals surface area contributed by atoms with Crippen molar-refractivity contribution in [2.75, 3.05) is 26.9 Å². The minimum Gasteiger partial charge on any atom is -0.497 e. The number of hydrogen-bond acceptors (Lipinski definition) is 6. The molecule has 4 nitrogen and oxygen atoms in total. The highest BCUT2D eigenvalue weighted by atomic mass is 32.1. The van der Waals surface area contributed by atoms with Crippen LogP contribution in [0.3, 0.4) is 0 Å². The van der Waals surface area contributed by atoms with Crippen molar-refractivity contribution >= 4 is 25.3 Å². The lowest BCUT2D eigenvalue weighted by atomic mass is 10.1. The molecule has 3 rings (SSSR count). The van der Waals surface area contributed by atoms with Crippen LogP contribution in [-0.2, 0) is 11.3 Å². The Labute approximate surface area is 209 Å². The lowest BCUT2D eigenvalue weighted by Crippen LogP contribution is -2.13. The van der Waals surface area contributed by atoms with Gasteiger partial charge in [0.15, 0.2) is 0 Å². The Morgan fingerprint density at radius 1 is 0.727 bits per heavy atom. The fraction of sp³-hybridized carbons (Fsp3) is 0.333. The summed E-state index contributed by atoms with van der Waals surface area (Å²) in [7, 11) is 1.63. The number of aliphatic hydroxyl groups excluding tert-OH is 2. The van der Waals surface area contributed by atoms with Crippen molar-refractivity contribution in [1.82, 2.24) is 0 Å². The summed E-state index contributed by atoms with van der Waals surface area (Å²) in [5.41, 5.74) is 3.64. The quantitative estimate of drug-likeness (QED) is 0.240. The number of rotatable bonds is 8. The zero-order valence-corrected chi connectivity index (χ0v) is 21.4. The highest BCUT2D eigenvalue weighted by molar-refractivity contribution is 7.80. The molecule has 0 aliphatic carbocycles. The predicted octanol–water partition coefficient (Wildman–Crippen LogP) is 5.77. The van der Waals surface area contributed by atoms with E-state index in [1.54, 1.807) is 7.11 Å². The Morgan fingerprint density at radius 2 is 1.18 bits per heavy atom. The highest BCUT2D eigenvalue weighted by Crippen LogP contribution is 2.12. The molecular formula is C27H36O4S2. The number of hydrogen-bond donors (Lipinski definition) is 4. The number of benzene rings is 3. The third kappa shape index (κ3) is 14.0. The summed E-state index contributed by atoms with van der Waals surface area (Å²) >= 11 is 8.26. The summed E-state index contributed by atoms with van der Waals surface area (Å²) in [5, 5.41) is 17.7. The zero-order valence-electron chi connectivity index (χ0n) is 19.6. The lowest BCUT2D eigenvalue weighted by molar-refractivity contribution is 0.0761. The molecule has 0 unspecified atom stereocenters. The molecule has 0 saturated heterocycles. The maximum Gasteiger partial charge on any atom is 0.118 e. The molecule has 2 N–H and O–H groups in total. The number of methoxy groups -OCH3 is 1. The van der Waals surface area contributed by atoms with E-state index in [1.807, 2.05) is 72.8 Å². The van der Waals surface area contributed by atoms with Crippen LogP contribution in [0.5, 0.6) is 5.75 Å². The summed E-state index contributed by atoms with van der Waals surface area (Å²) in [4.78, 5) is 2.05. The molecule has 0 radical (unpaired) electrons. The first kappa shape index (κ1) is 29.1. The number of aliphatic hydroxyl groups is 2. The Morgan fingerprint density at radius 3 is 1.55 bits per heavy atom. The molecular weight excluding hydrogens is 452 g/mol. The van der Waals surface area contributed by atoms with Gasteiger partial charge in [-0.05, 0) is 62.2 Å². The van der Waals surface area contributed by atoms with Crippen molar-refractivity contribution in [2.45, 2.75) is 36.7 Å². The van der Waals surface area contributed by atoms with Gasteiger partial charge in [-0.2, -0.15) is 0 Å². The van der Waals surface area contributed by atoms with Crippen LogP contribution in [0.15, 0.2) is 82.6 Å². The van der Waals surface area contributed by atoms with Crippen molar-refractivity contribution in [3.8, 4) is 5.75 Å². The minimum absolute atomic E-state index is 0.00238. The zero-order chi connectivity index (χ0) is 24.5. The molecule has 0 spiro atoms. The summed E-state index contributed by atoms with van der Waals surface area (Å²) in [6.45, 7) is 5.20. The third-order valence-electron chi connectivity index (χ3n) is 4.68. The molecule has 33 heavy (non-hydrogen) atoms. The molecule has 0 bridgehead atoms. The van der Waals surface area contributed by atoms with Gasteiger partial charge in [-0.15, -0.1) is 25.3 Å². The molecule has 0 atom stereocenters. The van der Waals surface area contributed by atoms with Crippen LogP contribution in [0, 0.1) is 19.8 Å². The van der Waals surface area contributed by atoms with E-state index in [1.165, 1.54) is 11.1 Å². The van der Waals surface area contributed by atoms with E-state index in [4.69, 9.17) is 19.7 Å². The van der Waals surface area contributed by atoms with Crippen molar-refractivity contribution in [3.05, 3.63) is 89.5 Å². The molecule has 180 valence electrons. The van der Waals surface area contributed by atoms with E-state index >= 15 is 0 Å². The number of ether oxygens (including phenoxy) is 2. The molecule has 0 heterocycles. The normalized spacial score (nSPS) is 10.1. The first-order chi connectivity index (χ1) is 15.9. The Balaban J connectivity index is 0.000000281. The van der Waals surface area contributed by atoms with Gasteiger partial charge < -0.3 is 19.7 Å². The Bertz CT molecular complexity index is 777. The third-order valence-corrected chi connectivity index (χ3v) is 5.28. The van der Waals surface area contributed by atoms with E-state index in [0.29, 0.717) is 19.6 Å². The summed E-state index contributed by atoms with van der Waals surface area (Å²) in [6, 6.07) is 23.8. The smallest absolute Gasteiger partial charge is 0.118 e. The van der Waals surface area contributed by atoms with Gasteiger partial charge >= 0.3 is 0 Å². The summed E-state index contributed by atoms with van der Waals surface area (Å²) < 4.78 is 10.5. The second kappa shape index (κ2) is 17.5. The van der Waals surface area contributed by atoms with Gasteiger partial charge in [0, 0.05) is 35.5 Å². The predicted molar refractivity (Wildman–Crippen MR) is 142 cm³/mol. The van der Waals surface area contributed by atoms with Gasteiger partial charge in [-0.25, -0.2) is 0 Å². The molecule has 0 aliphatic heterocycles. The van der Waals surface area contributed by atoms with E-state index in [2.05, 4.69) is 39.1 Å².